The summed E-state index contributed by atoms with van der Waals surface area (Å²) in [5.74, 6) is 0.127. The van der Waals surface area contributed by atoms with E-state index in [2.05, 4.69) is 4.72 Å². The minimum absolute atomic E-state index is 0.0537. The first kappa shape index (κ1) is 22.3. The Bertz CT molecular complexity index is 1070. The van der Waals surface area contributed by atoms with Gasteiger partial charge in [0.25, 0.3) is 5.91 Å². The van der Waals surface area contributed by atoms with E-state index in [1.165, 1.54) is 6.42 Å². The lowest BCUT2D eigenvalue weighted by Gasteiger charge is -2.22. The van der Waals surface area contributed by atoms with Crippen LogP contribution in [0.25, 0.3) is 11.0 Å². The molecule has 1 saturated carbocycles. The molecule has 2 fully saturated rings. The fourth-order valence-corrected chi connectivity index (χ4v) is 6.74. The summed E-state index contributed by atoms with van der Waals surface area (Å²) in [6.07, 6.45) is 9.36. The van der Waals surface area contributed by atoms with Crippen molar-refractivity contribution in [1.29, 1.82) is 0 Å². The van der Waals surface area contributed by atoms with E-state index in [9.17, 15) is 13.2 Å². The molecule has 0 radical (unpaired) electrons. The summed E-state index contributed by atoms with van der Waals surface area (Å²) in [5, 5.41) is 0.712. The summed E-state index contributed by atoms with van der Waals surface area (Å²) in [5.41, 5.74) is 2.59. The molecule has 0 unspecified atom stereocenters. The highest BCUT2D eigenvalue weighted by Crippen LogP contribution is 2.36. The number of likely N-dealkylation sites (tertiary alicyclic amines) is 1. The molecule has 1 saturated heterocycles. The average molecular weight is 447 g/mol. The van der Waals surface area contributed by atoms with E-state index in [4.69, 9.17) is 4.42 Å². The molecule has 1 aliphatic carbocycles. The van der Waals surface area contributed by atoms with E-state index in [-0.39, 0.29) is 22.6 Å². The lowest BCUT2D eigenvalue weighted by atomic mass is 9.97. The SMILES string of the molecule is Cc1cc2c(C)c(C(=O)N3CCCC3)oc2c(S(=O)(=O)NC2CCCCCCC2)c1C. The van der Waals surface area contributed by atoms with Gasteiger partial charge in [-0.2, -0.15) is 0 Å². The van der Waals surface area contributed by atoms with Gasteiger partial charge in [-0.05, 0) is 63.6 Å². The second-order valence-electron chi connectivity index (χ2n) is 9.24. The van der Waals surface area contributed by atoms with E-state index in [0.717, 1.165) is 75.6 Å². The third kappa shape index (κ3) is 4.40. The number of benzene rings is 1. The van der Waals surface area contributed by atoms with Crippen molar-refractivity contribution in [3.63, 3.8) is 0 Å². The second-order valence-corrected chi connectivity index (χ2v) is 10.9. The Hall–Kier alpha value is -1.86. The number of fused-ring (bicyclic) bond motifs is 1. The summed E-state index contributed by atoms with van der Waals surface area (Å²) in [7, 11) is -3.78. The maximum absolute atomic E-state index is 13.6. The standard InChI is InChI=1S/C24H34N2O4S/c1-16-15-20-18(3)21(24(27)26-13-9-10-14-26)30-22(20)23(17(16)2)31(28,29)25-19-11-7-5-4-6-8-12-19/h15,19,25H,4-14H2,1-3H3. The number of aryl methyl sites for hydroxylation is 2. The number of hydrogen-bond donors (Lipinski definition) is 1. The quantitative estimate of drug-likeness (QED) is 0.718. The second kappa shape index (κ2) is 8.94. The molecule has 1 N–H and O–H groups in total. The van der Waals surface area contributed by atoms with Crippen molar-refractivity contribution < 1.29 is 17.6 Å². The smallest absolute Gasteiger partial charge is 0.289 e. The van der Waals surface area contributed by atoms with Crippen LogP contribution in [0.4, 0.5) is 0 Å². The van der Waals surface area contributed by atoms with Crippen LogP contribution in [-0.4, -0.2) is 38.4 Å². The first-order valence-corrected chi connectivity index (χ1v) is 13.1. The van der Waals surface area contributed by atoms with Crippen molar-refractivity contribution in [2.75, 3.05) is 13.1 Å². The molecule has 1 amide bonds. The summed E-state index contributed by atoms with van der Waals surface area (Å²) in [4.78, 5) is 15.0. The molecule has 7 heteroatoms. The van der Waals surface area contributed by atoms with Crippen molar-refractivity contribution in [3.05, 3.63) is 28.5 Å². The third-order valence-electron chi connectivity index (χ3n) is 6.98. The van der Waals surface area contributed by atoms with Crippen LogP contribution >= 0.6 is 0 Å². The van der Waals surface area contributed by atoms with Gasteiger partial charge in [0, 0.05) is 30.1 Å². The van der Waals surface area contributed by atoms with E-state index in [1.807, 2.05) is 26.8 Å². The number of rotatable bonds is 4. The van der Waals surface area contributed by atoms with Crippen molar-refractivity contribution in [3.8, 4) is 0 Å². The van der Waals surface area contributed by atoms with Gasteiger partial charge in [0.05, 0.1) is 0 Å². The number of hydrogen-bond acceptors (Lipinski definition) is 4. The Balaban J connectivity index is 1.76. The highest BCUT2D eigenvalue weighted by molar-refractivity contribution is 7.89. The number of amides is 1. The predicted molar refractivity (Wildman–Crippen MR) is 122 cm³/mol. The Kier molecular flexibility index (Phi) is 6.44. The molecule has 2 heterocycles. The molecule has 0 spiro atoms. The van der Waals surface area contributed by atoms with Crippen LogP contribution in [0, 0.1) is 20.8 Å². The van der Waals surface area contributed by atoms with E-state index in [0.29, 0.717) is 16.5 Å². The summed E-state index contributed by atoms with van der Waals surface area (Å²) < 4.78 is 36.2. The lowest BCUT2D eigenvalue weighted by molar-refractivity contribution is 0.0762. The van der Waals surface area contributed by atoms with Crippen LogP contribution in [0.1, 0.15) is 85.0 Å². The van der Waals surface area contributed by atoms with Crippen molar-refractivity contribution >= 4 is 26.9 Å². The molecular formula is C24H34N2O4S. The minimum Gasteiger partial charge on any atom is -0.449 e. The van der Waals surface area contributed by atoms with Crippen molar-refractivity contribution in [2.45, 2.75) is 89.5 Å². The summed E-state index contributed by atoms with van der Waals surface area (Å²) in [6, 6.07) is 1.89. The molecule has 6 nitrogen and oxygen atoms in total. The van der Waals surface area contributed by atoms with E-state index in [1.54, 1.807) is 4.90 Å². The van der Waals surface area contributed by atoms with Crippen LogP contribution in [0.2, 0.25) is 0 Å². The van der Waals surface area contributed by atoms with Crippen molar-refractivity contribution in [1.82, 2.24) is 9.62 Å². The molecule has 4 rings (SSSR count). The molecule has 2 aliphatic rings. The van der Waals surface area contributed by atoms with E-state index >= 15 is 0 Å². The first-order valence-electron chi connectivity index (χ1n) is 11.6. The fourth-order valence-electron chi connectivity index (χ4n) is 4.99. The Labute approximate surface area is 185 Å². The molecule has 31 heavy (non-hydrogen) atoms. The maximum Gasteiger partial charge on any atom is 0.289 e. The first-order chi connectivity index (χ1) is 14.8. The molecule has 0 atom stereocenters. The minimum atomic E-state index is -3.78. The third-order valence-corrected chi connectivity index (χ3v) is 8.65. The Morgan fingerprint density at radius 1 is 0.968 bits per heavy atom. The van der Waals surface area contributed by atoms with Crippen molar-refractivity contribution in [2.24, 2.45) is 0 Å². The normalized spacial score (nSPS) is 19.0. The number of nitrogens with zero attached hydrogens (tertiary/aromatic N) is 1. The zero-order valence-electron chi connectivity index (χ0n) is 18.9. The number of carbonyl (C=O) groups is 1. The molecule has 2 aromatic rings. The average Bonchev–Trinajstić information content (AvgIpc) is 3.33. The zero-order chi connectivity index (χ0) is 22.2. The maximum atomic E-state index is 13.6. The zero-order valence-corrected chi connectivity index (χ0v) is 19.7. The molecule has 0 bridgehead atoms. The molecule has 1 aliphatic heterocycles. The number of nitrogens with one attached hydrogen (secondary N) is 1. The van der Waals surface area contributed by atoms with Gasteiger partial charge in [-0.3, -0.25) is 4.79 Å². The molecule has 1 aromatic carbocycles. The van der Waals surface area contributed by atoms with Gasteiger partial charge in [0.15, 0.2) is 11.3 Å². The monoisotopic (exact) mass is 446 g/mol. The molecule has 1 aromatic heterocycles. The largest absolute Gasteiger partial charge is 0.449 e. The van der Waals surface area contributed by atoms with Gasteiger partial charge in [0.2, 0.25) is 10.0 Å². The van der Waals surface area contributed by atoms with Gasteiger partial charge in [-0.15, -0.1) is 0 Å². The number of sulfonamides is 1. The molecule has 170 valence electrons. The highest BCUT2D eigenvalue weighted by Gasteiger charge is 2.31. The summed E-state index contributed by atoms with van der Waals surface area (Å²) in [6.45, 7) is 7.03. The summed E-state index contributed by atoms with van der Waals surface area (Å²) >= 11 is 0. The van der Waals surface area contributed by atoms with Crippen LogP contribution in [-0.2, 0) is 10.0 Å². The van der Waals surface area contributed by atoms with Gasteiger partial charge in [-0.25, -0.2) is 13.1 Å². The van der Waals surface area contributed by atoms with Gasteiger partial charge in [0.1, 0.15) is 4.90 Å². The molecular weight excluding hydrogens is 412 g/mol. The number of furan rings is 1. The highest BCUT2D eigenvalue weighted by atomic mass is 32.2. The van der Waals surface area contributed by atoms with Gasteiger partial charge in [-0.1, -0.05) is 32.1 Å². The lowest BCUT2D eigenvalue weighted by Crippen LogP contribution is -2.35. The van der Waals surface area contributed by atoms with Gasteiger partial charge >= 0.3 is 0 Å². The predicted octanol–water partition coefficient (Wildman–Crippen LogP) is 4.99. The van der Waals surface area contributed by atoms with Crippen LogP contribution < -0.4 is 4.72 Å². The topological polar surface area (TPSA) is 79.6 Å². The Morgan fingerprint density at radius 2 is 1.58 bits per heavy atom. The fraction of sp³-hybridized carbons (Fsp3) is 0.625. The van der Waals surface area contributed by atoms with E-state index < -0.39 is 10.0 Å². The Morgan fingerprint density at radius 3 is 2.23 bits per heavy atom. The van der Waals surface area contributed by atoms with Crippen LogP contribution in [0.15, 0.2) is 15.4 Å². The number of carbonyl (C=O) groups excluding carboxylic acids is 1. The van der Waals surface area contributed by atoms with Crippen LogP contribution in [0.3, 0.4) is 0 Å². The van der Waals surface area contributed by atoms with Gasteiger partial charge < -0.3 is 9.32 Å². The van der Waals surface area contributed by atoms with Crippen LogP contribution in [0.5, 0.6) is 0 Å².